The molecule has 126 valence electrons. The second-order valence-corrected chi connectivity index (χ2v) is 5.95. The predicted octanol–water partition coefficient (Wildman–Crippen LogP) is 1.18. The number of benzene rings is 1. The van der Waals surface area contributed by atoms with E-state index < -0.39 is 17.7 Å². The molecule has 1 heterocycles. The number of hydrogen-bond acceptors (Lipinski definition) is 3. The first-order valence-corrected chi connectivity index (χ1v) is 7.62. The van der Waals surface area contributed by atoms with E-state index in [1.54, 1.807) is 0 Å². The van der Waals surface area contributed by atoms with E-state index in [1.807, 2.05) is 18.7 Å². The van der Waals surface area contributed by atoms with E-state index in [1.165, 1.54) is 6.07 Å². The predicted molar refractivity (Wildman–Crippen MR) is 81.5 cm³/mol. The fourth-order valence-corrected chi connectivity index (χ4v) is 2.60. The van der Waals surface area contributed by atoms with Gasteiger partial charge in [-0.3, -0.25) is 14.5 Å². The summed E-state index contributed by atoms with van der Waals surface area (Å²) in [4.78, 5) is 25.8. The molecular formula is C16H21F2N3O2. The van der Waals surface area contributed by atoms with Crippen LogP contribution in [-0.4, -0.2) is 41.9 Å². The monoisotopic (exact) mass is 325 g/mol. The second-order valence-electron chi connectivity index (χ2n) is 5.95. The van der Waals surface area contributed by atoms with E-state index in [0.717, 1.165) is 12.1 Å². The molecule has 0 aliphatic carbocycles. The molecule has 1 fully saturated rings. The van der Waals surface area contributed by atoms with Crippen molar-refractivity contribution in [3.63, 3.8) is 0 Å². The topological polar surface area (TPSA) is 61.4 Å². The van der Waals surface area contributed by atoms with Crippen molar-refractivity contribution in [2.45, 2.75) is 38.9 Å². The van der Waals surface area contributed by atoms with Crippen LogP contribution in [0.15, 0.2) is 18.2 Å². The molecule has 2 amide bonds. The van der Waals surface area contributed by atoms with Crippen LogP contribution in [0.2, 0.25) is 0 Å². The van der Waals surface area contributed by atoms with Gasteiger partial charge in [0, 0.05) is 25.7 Å². The number of halogens is 2. The van der Waals surface area contributed by atoms with Crippen molar-refractivity contribution in [3.8, 4) is 0 Å². The Bertz CT molecular complexity index is 593. The minimum absolute atomic E-state index is 0.00574. The molecule has 0 aromatic heterocycles. The maximum Gasteiger partial charge on any atom is 0.237 e. The third-order valence-corrected chi connectivity index (χ3v) is 3.64. The van der Waals surface area contributed by atoms with Crippen LogP contribution in [-0.2, 0) is 16.1 Å². The maximum atomic E-state index is 13.3. The zero-order chi connectivity index (χ0) is 17.0. The van der Waals surface area contributed by atoms with Crippen LogP contribution < -0.4 is 10.6 Å². The highest BCUT2D eigenvalue weighted by molar-refractivity contribution is 5.88. The molecule has 7 heteroatoms. The zero-order valence-electron chi connectivity index (χ0n) is 13.2. The van der Waals surface area contributed by atoms with E-state index in [2.05, 4.69) is 10.6 Å². The summed E-state index contributed by atoms with van der Waals surface area (Å²) in [6.45, 7) is 4.98. The first kappa shape index (κ1) is 17.3. The molecule has 23 heavy (non-hydrogen) atoms. The molecule has 1 aromatic rings. The quantitative estimate of drug-likeness (QED) is 0.855. The second kappa shape index (κ2) is 7.50. The normalized spacial score (nSPS) is 18.8. The Kier molecular flexibility index (Phi) is 5.65. The van der Waals surface area contributed by atoms with Crippen molar-refractivity contribution >= 4 is 11.8 Å². The molecule has 0 bridgehead atoms. The van der Waals surface area contributed by atoms with Gasteiger partial charge in [0.25, 0.3) is 0 Å². The first-order chi connectivity index (χ1) is 10.9. The van der Waals surface area contributed by atoms with Gasteiger partial charge in [-0.05, 0) is 31.5 Å². The van der Waals surface area contributed by atoms with Gasteiger partial charge in [-0.2, -0.15) is 0 Å². The van der Waals surface area contributed by atoms with Crippen LogP contribution in [0.4, 0.5) is 8.78 Å². The van der Waals surface area contributed by atoms with Gasteiger partial charge in [0.15, 0.2) is 11.6 Å². The van der Waals surface area contributed by atoms with Crippen LogP contribution >= 0.6 is 0 Å². The summed E-state index contributed by atoms with van der Waals surface area (Å²) in [6, 6.07) is 3.04. The fourth-order valence-electron chi connectivity index (χ4n) is 2.60. The highest BCUT2D eigenvalue weighted by Gasteiger charge is 2.31. The highest BCUT2D eigenvalue weighted by atomic mass is 19.2. The Balaban J connectivity index is 2.08. The maximum absolute atomic E-state index is 13.3. The summed E-state index contributed by atoms with van der Waals surface area (Å²) in [5.74, 6) is -2.26. The van der Waals surface area contributed by atoms with Crippen molar-refractivity contribution < 1.29 is 18.4 Å². The number of rotatable bonds is 5. The SMILES string of the molecule is CC(C)NC(=O)CC1C(=O)NCCN1Cc1ccc(F)c(F)c1. The van der Waals surface area contributed by atoms with Crippen molar-refractivity contribution in [2.75, 3.05) is 13.1 Å². The van der Waals surface area contributed by atoms with Crippen molar-refractivity contribution in [2.24, 2.45) is 0 Å². The molecule has 0 saturated carbocycles. The average Bonchev–Trinajstić information content (AvgIpc) is 2.46. The first-order valence-electron chi connectivity index (χ1n) is 7.62. The van der Waals surface area contributed by atoms with Gasteiger partial charge in [-0.1, -0.05) is 6.07 Å². The molecular weight excluding hydrogens is 304 g/mol. The number of amides is 2. The van der Waals surface area contributed by atoms with Gasteiger partial charge in [-0.15, -0.1) is 0 Å². The fraction of sp³-hybridized carbons (Fsp3) is 0.500. The molecule has 1 unspecified atom stereocenters. The van der Waals surface area contributed by atoms with E-state index >= 15 is 0 Å². The Morgan fingerprint density at radius 1 is 1.39 bits per heavy atom. The Hall–Kier alpha value is -2.02. The summed E-state index contributed by atoms with van der Waals surface area (Å²) in [5.41, 5.74) is 0.563. The smallest absolute Gasteiger partial charge is 0.237 e. The number of nitrogens with one attached hydrogen (secondary N) is 2. The molecule has 1 atom stereocenters. The largest absolute Gasteiger partial charge is 0.354 e. The number of hydrogen-bond donors (Lipinski definition) is 2. The number of piperazine rings is 1. The summed E-state index contributed by atoms with van der Waals surface area (Å²) in [6.07, 6.45) is 0.0354. The lowest BCUT2D eigenvalue weighted by molar-refractivity contribution is -0.134. The molecule has 5 nitrogen and oxygen atoms in total. The lowest BCUT2D eigenvalue weighted by Crippen LogP contribution is -2.56. The van der Waals surface area contributed by atoms with Gasteiger partial charge in [-0.25, -0.2) is 8.78 Å². The lowest BCUT2D eigenvalue weighted by Gasteiger charge is -2.34. The number of carbonyl (C=O) groups is 2. The Morgan fingerprint density at radius 2 is 2.13 bits per heavy atom. The molecule has 0 radical (unpaired) electrons. The number of carbonyl (C=O) groups excluding carboxylic acids is 2. The molecule has 1 aliphatic heterocycles. The van der Waals surface area contributed by atoms with Crippen LogP contribution in [0.25, 0.3) is 0 Å². The van der Waals surface area contributed by atoms with Crippen LogP contribution in [0, 0.1) is 11.6 Å². The third kappa shape index (κ3) is 4.72. The summed E-state index contributed by atoms with van der Waals surface area (Å²) < 4.78 is 26.3. The molecule has 1 aliphatic rings. The Labute approximate surface area is 134 Å². The summed E-state index contributed by atoms with van der Waals surface area (Å²) >= 11 is 0. The van der Waals surface area contributed by atoms with Crippen molar-refractivity contribution in [3.05, 3.63) is 35.4 Å². The third-order valence-electron chi connectivity index (χ3n) is 3.64. The Morgan fingerprint density at radius 3 is 2.78 bits per heavy atom. The lowest BCUT2D eigenvalue weighted by atomic mass is 10.1. The minimum atomic E-state index is -0.918. The van der Waals surface area contributed by atoms with Gasteiger partial charge >= 0.3 is 0 Å². The van der Waals surface area contributed by atoms with E-state index in [4.69, 9.17) is 0 Å². The molecule has 0 spiro atoms. The molecule has 1 aromatic carbocycles. The summed E-state index contributed by atoms with van der Waals surface area (Å²) in [5, 5.41) is 5.49. The molecule has 1 saturated heterocycles. The number of nitrogens with zero attached hydrogens (tertiary/aromatic N) is 1. The summed E-state index contributed by atoms with van der Waals surface area (Å²) in [7, 11) is 0. The van der Waals surface area contributed by atoms with Gasteiger partial charge in [0.1, 0.15) is 0 Å². The highest BCUT2D eigenvalue weighted by Crippen LogP contribution is 2.16. The minimum Gasteiger partial charge on any atom is -0.354 e. The van der Waals surface area contributed by atoms with E-state index in [0.29, 0.717) is 18.7 Å². The standard InChI is InChI=1S/C16H21F2N3O2/c1-10(2)20-15(22)8-14-16(23)19-5-6-21(14)9-11-3-4-12(17)13(18)7-11/h3-4,7,10,14H,5-6,8-9H2,1-2H3,(H,19,23)(H,20,22). The molecule has 2 rings (SSSR count). The van der Waals surface area contributed by atoms with Crippen molar-refractivity contribution in [1.29, 1.82) is 0 Å². The van der Waals surface area contributed by atoms with Crippen LogP contribution in [0.3, 0.4) is 0 Å². The van der Waals surface area contributed by atoms with Gasteiger partial charge in [0.05, 0.1) is 12.5 Å². The van der Waals surface area contributed by atoms with Gasteiger partial charge < -0.3 is 10.6 Å². The van der Waals surface area contributed by atoms with Crippen LogP contribution in [0.1, 0.15) is 25.8 Å². The van der Waals surface area contributed by atoms with Crippen molar-refractivity contribution in [1.82, 2.24) is 15.5 Å². The zero-order valence-corrected chi connectivity index (χ0v) is 13.2. The average molecular weight is 325 g/mol. The van der Waals surface area contributed by atoms with E-state index in [9.17, 15) is 18.4 Å². The molecule has 2 N–H and O–H groups in total. The van der Waals surface area contributed by atoms with Gasteiger partial charge in [0.2, 0.25) is 11.8 Å². The van der Waals surface area contributed by atoms with E-state index in [-0.39, 0.29) is 30.8 Å². The van der Waals surface area contributed by atoms with Crippen LogP contribution in [0.5, 0.6) is 0 Å².